The Labute approximate surface area is 114 Å². The molecule has 0 unspecified atom stereocenters. The Hall–Kier alpha value is -2.60. The second kappa shape index (κ2) is 4.82. The third-order valence-corrected chi connectivity index (χ3v) is 3.11. The lowest BCUT2D eigenvalue weighted by molar-refractivity contribution is 0.415. The minimum Gasteiger partial charge on any atom is -0.497 e. The molecule has 0 saturated heterocycles. The van der Waals surface area contributed by atoms with E-state index in [9.17, 15) is 4.79 Å². The van der Waals surface area contributed by atoms with E-state index in [0.717, 1.165) is 17.0 Å². The van der Waals surface area contributed by atoms with Crippen molar-refractivity contribution in [3.63, 3.8) is 0 Å². The van der Waals surface area contributed by atoms with Crippen molar-refractivity contribution in [2.24, 2.45) is 5.73 Å². The molecule has 102 valence electrons. The molecule has 2 aromatic heterocycles. The number of methoxy groups -OCH3 is 1. The Kier molecular flexibility index (Phi) is 3.00. The van der Waals surface area contributed by atoms with Crippen LogP contribution in [0.25, 0.3) is 16.9 Å². The normalized spacial score (nSPS) is 10.9. The molecule has 0 aliphatic rings. The van der Waals surface area contributed by atoms with Crippen LogP contribution in [0.4, 0.5) is 0 Å². The highest BCUT2D eigenvalue weighted by atomic mass is 16.5. The van der Waals surface area contributed by atoms with Gasteiger partial charge in [0.15, 0.2) is 5.65 Å². The standard InChI is InChI=1S/C14H14N4O2/c1-20-11-4-2-9(3-5-11)12-7-13-16-10(8-15)6-14(19)18(13)17-12/h2-7,17H,8,15H2,1H3. The Morgan fingerprint density at radius 2 is 2.05 bits per heavy atom. The predicted molar refractivity (Wildman–Crippen MR) is 75.7 cm³/mol. The molecule has 0 amide bonds. The number of benzene rings is 1. The molecule has 3 rings (SSSR count). The Balaban J connectivity index is 2.12. The lowest BCUT2D eigenvalue weighted by Crippen LogP contribution is -2.16. The average Bonchev–Trinajstić information content (AvgIpc) is 2.92. The zero-order valence-electron chi connectivity index (χ0n) is 11.0. The van der Waals surface area contributed by atoms with Crippen molar-refractivity contribution >= 4 is 5.65 Å². The first-order valence-corrected chi connectivity index (χ1v) is 6.17. The zero-order valence-corrected chi connectivity index (χ0v) is 11.0. The first kappa shape index (κ1) is 12.4. The first-order valence-electron chi connectivity index (χ1n) is 6.17. The Bertz CT molecular complexity index is 802. The van der Waals surface area contributed by atoms with E-state index < -0.39 is 0 Å². The van der Waals surface area contributed by atoms with Crippen LogP contribution < -0.4 is 16.0 Å². The van der Waals surface area contributed by atoms with Gasteiger partial charge in [0.2, 0.25) is 0 Å². The molecule has 3 aromatic rings. The van der Waals surface area contributed by atoms with Crippen LogP contribution in [0.1, 0.15) is 5.69 Å². The Morgan fingerprint density at radius 3 is 2.70 bits per heavy atom. The van der Waals surface area contributed by atoms with Crippen molar-refractivity contribution in [3.8, 4) is 17.0 Å². The van der Waals surface area contributed by atoms with E-state index in [1.165, 1.54) is 10.6 Å². The number of ether oxygens (including phenoxy) is 1. The van der Waals surface area contributed by atoms with Crippen molar-refractivity contribution in [1.82, 2.24) is 14.6 Å². The summed E-state index contributed by atoms with van der Waals surface area (Å²) in [6, 6.07) is 10.8. The van der Waals surface area contributed by atoms with E-state index in [1.54, 1.807) is 7.11 Å². The number of hydrogen-bond donors (Lipinski definition) is 2. The molecule has 0 fully saturated rings. The molecule has 3 N–H and O–H groups in total. The van der Waals surface area contributed by atoms with E-state index in [0.29, 0.717) is 11.3 Å². The molecule has 1 aromatic carbocycles. The van der Waals surface area contributed by atoms with Gasteiger partial charge in [0.1, 0.15) is 5.75 Å². The number of hydrogen-bond acceptors (Lipinski definition) is 4. The molecular formula is C14H14N4O2. The van der Waals surface area contributed by atoms with Gasteiger partial charge >= 0.3 is 0 Å². The summed E-state index contributed by atoms with van der Waals surface area (Å²) >= 11 is 0. The SMILES string of the molecule is COc1ccc(-c2cc3nc(CN)cc(=O)n3[nH]2)cc1. The van der Waals surface area contributed by atoms with Crippen LogP contribution in [0.2, 0.25) is 0 Å². The van der Waals surface area contributed by atoms with Crippen LogP contribution in [0.15, 0.2) is 41.2 Å². The van der Waals surface area contributed by atoms with Crippen LogP contribution in [-0.2, 0) is 6.54 Å². The minimum absolute atomic E-state index is 0.171. The number of nitrogens with two attached hydrogens (primary N) is 1. The number of nitrogens with one attached hydrogen (secondary N) is 1. The molecule has 0 aliphatic heterocycles. The molecule has 20 heavy (non-hydrogen) atoms. The average molecular weight is 270 g/mol. The fourth-order valence-corrected chi connectivity index (χ4v) is 2.06. The van der Waals surface area contributed by atoms with Gasteiger partial charge in [-0.1, -0.05) is 0 Å². The van der Waals surface area contributed by atoms with Crippen molar-refractivity contribution in [2.45, 2.75) is 6.54 Å². The van der Waals surface area contributed by atoms with Gasteiger partial charge in [-0.2, -0.15) is 0 Å². The minimum atomic E-state index is -0.171. The van der Waals surface area contributed by atoms with Crippen molar-refractivity contribution < 1.29 is 4.74 Å². The van der Waals surface area contributed by atoms with Crippen molar-refractivity contribution in [1.29, 1.82) is 0 Å². The van der Waals surface area contributed by atoms with Crippen LogP contribution in [-0.4, -0.2) is 21.7 Å². The van der Waals surface area contributed by atoms with Gasteiger partial charge in [-0.25, -0.2) is 9.50 Å². The summed E-state index contributed by atoms with van der Waals surface area (Å²) < 4.78 is 6.52. The van der Waals surface area contributed by atoms with Gasteiger partial charge in [-0.05, 0) is 29.8 Å². The highest BCUT2D eigenvalue weighted by molar-refractivity contribution is 5.64. The van der Waals surface area contributed by atoms with E-state index in [2.05, 4.69) is 10.1 Å². The van der Waals surface area contributed by atoms with E-state index in [-0.39, 0.29) is 12.1 Å². The summed E-state index contributed by atoms with van der Waals surface area (Å²) in [5.74, 6) is 0.783. The van der Waals surface area contributed by atoms with Gasteiger partial charge < -0.3 is 10.5 Å². The summed E-state index contributed by atoms with van der Waals surface area (Å²) in [5.41, 5.74) is 8.25. The molecule has 0 atom stereocenters. The maximum atomic E-state index is 11.9. The van der Waals surface area contributed by atoms with E-state index >= 15 is 0 Å². The Morgan fingerprint density at radius 1 is 1.30 bits per heavy atom. The van der Waals surface area contributed by atoms with Gasteiger partial charge in [-0.3, -0.25) is 9.89 Å². The van der Waals surface area contributed by atoms with Gasteiger partial charge in [0.25, 0.3) is 5.56 Å². The molecular weight excluding hydrogens is 256 g/mol. The number of aromatic nitrogens is 3. The highest BCUT2D eigenvalue weighted by Crippen LogP contribution is 2.21. The maximum absolute atomic E-state index is 11.9. The molecule has 0 bridgehead atoms. The number of rotatable bonds is 3. The fraction of sp³-hybridized carbons (Fsp3) is 0.143. The van der Waals surface area contributed by atoms with Gasteiger partial charge in [0, 0.05) is 18.7 Å². The fourth-order valence-electron chi connectivity index (χ4n) is 2.06. The van der Waals surface area contributed by atoms with Crippen LogP contribution in [0, 0.1) is 0 Å². The van der Waals surface area contributed by atoms with Crippen molar-refractivity contribution in [2.75, 3.05) is 7.11 Å². The lowest BCUT2D eigenvalue weighted by Gasteiger charge is -2.00. The summed E-state index contributed by atoms with van der Waals surface area (Å²) in [6.45, 7) is 0.245. The number of fused-ring (bicyclic) bond motifs is 1. The van der Waals surface area contributed by atoms with Gasteiger partial charge in [-0.15, -0.1) is 0 Å². The van der Waals surface area contributed by atoms with E-state index in [1.807, 2.05) is 30.3 Å². The van der Waals surface area contributed by atoms with Gasteiger partial charge in [0.05, 0.1) is 18.5 Å². The molecule has 6 heteroatoms. The molecule has 0 spiro atoms. The monoisotopic (exact) mass is 270 g/mol. The number of aromatic amines is 1. The first-order chi connectivity index (χ1) is 9.71. The van der Waals surface area contributed by atoms with Crippen LogP contribution in [0.5, 0.6) is 5.75 Å². The summed E-state index contributed by atoms with van der Waals surface area (Å²) in [5, 5.41) is 3.03. The number of H-pyrrole nitrogens is 1. The molecule has 0 aliphatic carbocycles. The van der Waals surface area contributed by atoms with Crippen molar-refractivity contribution in [3.05, 3.63) is 52.4 Å². The second-order valence-corrected chi connectivity index (χ2v) is 4.38. The third kappa shape index (κ3) is 2.06. The second-order valence-electron chi connectivity index (χ2n) is 4.38. The highest BCUT2D eigenvalue weighted by Gasteiger charge is 2.07. The maximum Gasteiger partial charge on any atom is 0.272 e. The van der Waals surface area contributed by atoms with Crippen LogP contribution in [0.3, 0.4) is 0 Å². The third-order valence-electron chi connectivity index (χ3n) is 3.11. The molecule has 0 radical (unpaired) electrons. The summed E-state index contributed by atoms with van der Waals surface area (Å²) in [4.78, 5) is 16.2. The summed E-state index contributed by atoms with van der Waals surface area (Å²) in [7, 11) is 1.62. The molecule has 6 nitrogen and oxygen atoms in total. The summed E-state index contributed by atoms with van der Waals surface area (Å²) in [6.07, 6.45) is 0. The van der Waals surface area contributed by atoms with Crippen LogP contribution >= 0.6 is 0 Å². The zero-order chi connectivity index (χ0) is 14.1. The number of nitrogens with zero attached hydrogens (tertiary/aromatic N) is 2. The smallest absolute Gasteiger partial charge is 0.272 e. The molecule has 0 saturated carbocycles. The lowest BCUT2D eigenvalue weighted by atomic mass is 10.1. The quantitative estimate of drug-likeness (QED) is 0.747. The molecule has 2 heterocycles. The largest absolute Gasteiger partial charge is 0.497 e. The van der Waals surface area contributed by atoms with E-state index in [4.69, 9.17) is 10.5 Å². The topological polar surface area (TPSA) is 85.4 Å². The predicted octanol–water partition coefficient (Wildman–Crippen LogP) is 1.16.